The van der Waals surface area contributed by atoms with Crippen molar-refractivity contribution in [3.8, 4) is 0 Å². The van der Waals surface area contributed by atoms with E-state index in [1.165, 1.54) is 0 Å². The van der Waals surface area contributed by atoms with Crippen LogP contribution in [0.2, 0.25) is 0 Å². The molecule has 2 aliphatic rings. The van der Waals surface area contributed by atoms with Crippen molar-refractivity contribution >= 4 is 12.0 Å². The minimum atomic E-state index is -0.888. The maximum absolute atomic E-state index is 12.1. The van der Waals surface area contributed by atoms with Gasteiger partial charge in [0.2, 0.25) is 0 Å². The summed E-state index contributed by atoms with van der Waals surface area (Å²) in [7, 11) is 0. The average Bonchev–Trinajstić information content (AvgIpc) is 2.94. The first-order valence-electron chi connectivity index (χ1n) is 7.11. The van der Waals surface area contributed by atoms with Gasteiger partial charge in [-0.1, -0.05) is 0 Å². The smallest absolute Gasteiger partial charge is 0.317 e. The number of urea groups is 1. The number of rotatable bonds is 4. The van der Waals surface area contributed by atoms with E-state index >= 15 is 0 Å². The van der Waals surface area contributed by atoms with Gasteiger partial charge in [0.15, 0.2) is 0 Å². The van der Waals surface area contributed by atoms with Crippen LogP contribution >= 0.6 is 0 Å². The van der Waals surface area contributed by atoms with Gasteiger partial charge in [0, 0.05) is 32.8 Å². The topological polar surface area (TPSA) is 105 Å². The Morgan fingerprint density at radius 3 is 2.65 bits per heavy atom. The molecule has 7 nitrogen and oxygen atoms in total. The van der Waals surface area contributed by atoms with E-state index in [-0.39, 0.29) is 12.6 Å². The molecule has 0 aromatic heterocycles. The molecular weight excluding hydrogens is 262 g/mol. The van der Waals surface area contributed by atoms with Gasteiger partial charge >= 0.3 is 12.0 Å². The lowest BCUT2D eigenvalue weighted by atomic mass is 9.80. The van der Waals surface area contributed by atoms with Crippen molar-refractivity contribution in [1.82, 2.24) is 10.2 Å². The summed E-state index contributed by atoms with van der Waals surface area (Å²) in [5.41, 5.74) is 4.71. The molecule has 0 aromatic carbocycles. The molecule has 4 N–H and O–H groups in total. The molecule has 0 bridgehead atoms. The summed E-state index contributed by atoms with van der Waals surface area (Å²) >= 11 is 0. The van der Waals surface area contributed by atoms with E-state index < -0.39 is 11.4 Å². The molecule has 2 rings (SSSR count). The van der Waals surface area contributed by atoms with Crippen molar-refractivity contribution in [2.24, 2.45) is 17.1 Å². The molecule has 0 saturated carbocycles. The van der Waals surface area contributed by atoms with Gasteiger partial charge in [-0.15, -0.1) is 0 Å². The van der Waals surface area contributed by atoms with E-state index in [1.807, 2.05) is 0 Å². The molecule has 0 radical (unpaired) electrons. The minimum Gasteiger partial charge on any atom is -0.481 e. The number of amides is 2. The van der Waals surface area contributed by atoms with Crippen molar-refractivity contribution < 1.29 is 19.4 Å². The second kappa shape index (κ2) is 6.41. The lowest BCUT2D eigenvalue weighted by molar-refractivity contribution is -0.154. The Morgan fingerprint density at radius 1 is 1.40 bits per heavy atom. The molecule has 0 aliphatic carbocycles. The Hall–Kier alpha value is -1.34. The number of likely N-dealkylation sites (tertiary alicyclic amines) is 1. The number of carboxylic acids is 1. The van der Waals surface area contributed by atoms with E-state index in [9.17, 15) is 14.7 Å². The SMILES string of the molecule is NCC1CCN(C(=O)NCC2(C(=O)O)CCOCC2)C1. The zero-order chi connectivity index (χ0) is 14.6. The highest BCUT2D eigenvalue weighted by Crippen LogP contribution is 2.30. The molecule has 0 spiro atoms. The molecule has 2 saturated heterocycles. The van der Waals surface area contributed by atoms with Gasteiger partial charge in [-0.25, -0.2) is 4.79 Å². The van der Waals surface area contributed by atoms with Gasteiger partial charge in [-0.2, -0.15) is 0 Å². The number of carbonyl (C=O) groups is 2. The Kier molecular flexibility index (Phi) is 4.82. The van der Waals surface area contributed by atoms with E-state index in [2.05, 4.69) is 5.32 Å². The number of hydrogen-bond acceptors (Lipinski definition) is 4. The molecule has 0 aromatic rings. The number of nitrogens with zero attached hydrogens (tertiary/aromatic N) is 1. The molecule has 7 heteroatoms. The third-order valence-corrected chi connectivity index (χ3v) is 4.39. The first-order valence-corrected chi connectivity index (χ1v) is 7.11. The fraction of sp³-hybridized carbons (Fsp3) is 0.846. The number of nitrogens with one attached hydrogen (secondary N) is 1. The van der Waals surface area contributed by atoms with Gasteiger partial charge in [-0.3, -0.25) is 4.79 Å². The van der Waals surface area contributed by atoms with Crippen LogP contribution in [0.15, 0.2) is 0 Å². The highest BCUT2D eigenvalue weighted by Gasteiger charge is 2.41. The monoisotopic (exact) mass is 285 g/mol. The summed E-state index contributed by atoms with van der Waals surface area (Å²) in [6, 6.07) is -0.187. The van der Waals surface area contributed by atoms with E-state index in [0.29, 0.717) is 51.6 Å². The van der Waals surface area contributed by atoms with E-state index in [4.69, 9.17) is 10.5 Å². The zero-order valence-electron chi connectivity index (χ0n) is 11.6. The molecule has 114 valence electrons. The normalized spacial score (nSPS) is 25.4. The number of nitrogens with two attached hydrogens (primary N) is 1. The summed E-state index contributed by atoms with van der Waals surface area (Å²) in [6.07, 6.45) is 1.80. The van der Waals surface area contributed by atoms with E-state index in [1.54, 1.807) is 4.90 Å². The number of aliphatic carboxylic acids is 1. The zero-order valence-corrected chi connectivity index (χ0v) is 11.6. The molecule has 2 aliphatic heterocycles. The molecule has 2 heterocycles. The maximum atomic E-state index is 12.1. The quantitative estimate of drug-likeness (QED) is 0.666. The molecular formula is C13H23N3O4. The maximum Gasteiger partial charge on any atom is 0.317 e. The summed E-state index contributed by atoms with van der Waals surface area (Å²) in [5.74, 6) is -0.500. The molecule has 2 amide bonds. The average molecular weight is 285 g/mol. The van der Waals surface area contributed by atoms with Crippen LogP contribution in [0.25, 0.3) is 0 Å². The van der Waals surface area contributed by atoms with Crippen molar-refractivity contribution in [3.05, 3.63) is 0 Å². The van der Waals surface area contributed by atoms with Gasteiger partial charge in [0.25, 0.3) is 0 Å². The second-order valence-electron chi connectivity index (χ2n) is 5.69. The predicted molar refractivity (Wildman–Crippen MR) is 72.3 cm³/mol. The number of carbonyl (C=O) groups excluding carboxylic acids is 1. The third kappa shape index (κ3) is 3.21. The molecule has 1 atom stereocenters. The highest BCUT2D eigenvalue weighted by molar-refractivity contribution is 5.78. The first kappa shape index (κ1) is 15.1. The van der Waals surface area contributed by atoms with Crippen LogP contribution < -0.4 is 11.1 Å². The molecule has 2 fully saturated rings. The number of ether oxygens (including phenoxy) is 1. The predicted octanol–water partition coefficient (Wildman–Crippen LogP) is -0.142. The fourth-order valence-corrected chi connectivity index (χ4v) is 2.79. The van der Waals surface area contributed by atoms with Gasteiger partial charge < -0.3 is 25.8 Å². The van der Waals surface area contributed by atoms with Crippen LogP contribution in [0.4, 0.5) is 4.79 Å². The van der Waals surface area contributed by atoms with Gasteiger partial charge in [0.1, 0.15) is 0 Å². The van der Waals surface area contributed by atoms with Crippen molar-refractivity contribution in [2.45, 2.75) is 19.3 Å². The van der Waals surface area contributed by atoms with E-state index in [0.717, 1.165) is 6.42 Å². The van der Waals surface area contributed by atoms with Crippen LogP contribution in [-0.2, 0) is 9.53 Å². The van der Waals surface area contributed by atoms with Crippen LogP contribution in [0.5, 0.6) is 0 Å². The van der Waals surface area contributed by atoms with Gasteiger partial charge in [0.05, 0.1) is 5.41 Å². The summed E-state index contributed by atoms with van der Waals surface area (Å²) in [6.45, 7) is 2.96. The summed E-state index contributed by atoms with van der Waals surface area (Å²) in [4.78, 5) is 25.3. The highest BCUT2D eigenvalue weighted by atomic mass is 16.5. The van der Waals surface area contributed by atoms with Crippen LogP contribution in [0.3, 0.4) is 0 Å². The second-order valence-corrected chi connectivity index (χ2v) is 5.69. The van der Waals surface area contributed by atoms with Gasteiger partial charge in [-0.05, 0) is 31.7 Å². The number of carboxylic acid groups (broad SMARTS) is 1. The lowest BCUT2D eigenvalue weighted by Crippen LogP contribution is -2.49. The lowest BCUT2D eigenvalue weighted by Gasteiger charge is -2.33. The van der Waals surface area contributed by atoms with Crippen LogP contribution in [0, 0.1) is 11.3 Å². The minimum absolute atomic E-state index is 0.161. The Balaban J connectivity index is 1.86. The third-order valence-electron chi connectivity index (χ3n) is 4.39. The van der Waals surface area contributed by atoms with Crippen LogP contribution in [0.1, 0.15) is 19.3 Å². The largest absolute Gasteiger partial charge is 0.481 e. The van der Waals surface area contributed by atoms with Crippen LogP contribution in [-0.4, -0.2) is 61.4 Å². The summed E-state index contributed by atoms with van der Waals surface area (Å²) < 4.78 is 5.21. The Bertz CT molecular complexity index is 369. The fourth-order valence-electron chi connectivity index (χ4n) is 2.79. The van der Waals surface area contributed by atoms with Crippen molar-refractivity contribution in [2.75, 3.05) is 39.4 Å². The first-order chi connectivity index (χ1) is 9.57. The number of hydrogen-bond donors (Lipinski definition) is 3. The van der Waals surface area contributed by atoms with Crippen molar-refractivity contribution in [3.63, 3.8) is 0 Å². The van der Waals surface area contributed by atoms with Crippen molar-refractivity contribution in [1.29, 1.82) is 0 Å². The molecule has 20 heavy (non-hydrogen) atoms. The molecule has 1 unspecified atom stereocenters. The standard InChI is InChI=1S/C13H23N3O4/c14-7-10-1-4-16(8-10)12(19)15-9-13(11(17)18)2-5-20-6-3-13/h10H,1-9,14H2,(H,15,19)(H,17,18). The Morgan fingerprint density at radius 2 is 2.10 bits per heavy atom. The Labute approximate surface area is 118 Å². The summed E-state index contributed by atoms with van der Waals surface area (Å²) in [5, 5.41) is 12.2.